The van der Waals surface area contributed by atoms with Gasteiger partial charge in [-0.2, -0.15) is 0 Å². The Balaban J connectivity index is 5.03. The molecule has 0 heterocycles. The van der Waals surface area contributed by atoms with E-state index in [1.165, 1.54) is 0 Å². The number of unbranched alkanes of at least 4 members (excludes halogenated alkanes) is 1. The quantitative estimate of drug-likeness (QED) is 0.146. The minimum Gasteiger partial charge on any atom is -0.481 e. The van der Waals surface area contributed by atoms with Crippen molar-refractivity contribution < 1.29 is 34.5 Å². The molecule has 0 aliphatic rings. The van der Waals surface area contributed by atoms with Crippen LogP contribution in [0.25, 0.3) is 10.4 Å². The van der Waals surface area contributed by atoms with E-state index in [1.54, 1.807) is 0 Å². The lowest BCUT2D eigenvalue weighted by atomic mass is 9.83. The molecule has 11 nitrogen and oxygen atoms in total. The Morgan fingerprint density at radius 2 is 1.31 bits per heavy atom. The molecule has 1 amide bonds. The summed E-state index contributed by atoms with van der Waals surface area (Å²) in [5.41, 5.74) is 6.96. The third-order valence-electron chi connectivity index (χ3n) is 3.83. The predicted molar refractivity (Wildman–Crippen MR) is 89.3 cm³/mol. The number of hydrogen-bond acceptors (Lipinski definition) is 5. The maximum absolute atomic E-state index is 12.2. The fraction of sp³-hybridized carbons (Fsp3) is 0.733. The van der Waals surface area contributed by atoms with E-state index in [-0.39, 0.29) is 51.5 Å². The Kier molecular flexibility index (Phi) is 11.2. The molecule has 0 spiro atoms. The number of aliphatic carboxylic acids is 3. The first-order valence-electron chi connectivity index (χ1n) is 8.18. The zero-order valence-electron chi connectivity index (χ0n) is 14.4. The summed E-state index contributed by atoms with van der Waals surface area (Å²) < 4.78 is 0. The molecule has 0 bridgehead atoms. The highest BCUT2D eigenvalue weighted by atomic mass is 16.4. The minimum absolute atomic E-state index is 0.0621. The second-order valence-electron chi connectivity index (χ2n) is 5.92. The van der Waals surface area contributed by atoms with Crippen LogP contribution in [0.15, 0.2) is 5.11 Å². The Morgan fingerprint density at radius 1 is 0.846 bits per heavy atom. The van der Waals surface area contributed by atoms with Gasteiger partial charge in [0.15, 0.2) is 0 Å². The normalized spacial score (nSPS) is 10.6. The van der Waals surface area contributed by atoms with Crippen LogP contribution in [-0.4, -0.2) is 51.2 Å². The number of azide groups is 1. The highest BCUT2D eigenvalue weighted by Gasteiger charge is 2.33. The fourth-order valence-electron chi connectivity index (χ4n) is 2.47. The molecule has 0 aliphatic heterocycles. The number of hydrogen-bond donors (Lipinski definition) is 4. The Morgan fingerprint density at radius 3 is 1.69 bits per heavy atom. The number of carboxylic acid groups (broad SMARTS) is 3. The summed E-state index contributed by atoms with van der Waals surface area (Å²) in [7, 11) is 0. The lowest BCUT2D eigenvalue weighted by Gasteiger charge is -2.34. The molecule has 0 unspecified atom stereocenters. The van der Waals surface area contributed by atoms with Gasteiger partial charge in [0.2, 0.25) is 5.91 Å². The highest BCUT2D eigenvalue weighted by Crippen LogP contribution is 2.26. The SMILES string of the molecule is [N-]=[N+]=NCCCCC(=O)NC(CCC(=O)O)(CCC(=O)O)CCC(=O)O. The van der Waals surface area contributed by atoms with Gasteiger partial charge in [0.25, 0.3) is 0 Å². The van der Waals surface area contributed by atoms with Crippen molar-refractivity contribution in [3.8, 4) is 0 Å². The fourth-order valence-corrected chi connectivity index (χ4v) is 2.47. The summed E-state index contributed by atoms with van der Waals surface area (Å²) in [6.45, 7) is 0.242. The van der Waals surface area contributed by atoms with E-state index in [9.17, 15) is 19.2 Å². The number of nitrogens with zero attached hydrogens (tertiary/aromatic N) is 3. The largest absolute Gasteiger partial charge is 0.481 e. The first-order chi connectivity index (χ1) is 12.2. The van der Waals surface area contributed by atoms with E-state index >= 15 is 0 Å². The molecule has 146 valence electrons. The molecule has 0 aromatic heterocycles. The van der Waals surface area contributed by atoms with Gasteiger partial charge in [0.1, 0.15) is 0 Å². The Bertz CT molecular complexity index is 513. The van der Waals surface area contributed by atoms with Crippen molar-refractivity contribution in [2.75, 3.05) is 6.54 Å². The average molecular weight is 372 g/mol. The lowest BCUT2D eigenvalue weighted by Crippen LogP contribution is -2.49. The zero-order valence-corrected chi connectivity index (χ0v) is 14.4. The molecule has 11 heteroatoms. The van der Waals surface area contributed by atoms with Crippen LogP contribution >= 0.6 is 0 Å². The van der Waals surface area contributed by atoms with Crippen LogP contribution < -0.4 is 5.32 Å². The van der Waals surface area contributed by atoms with Crippen molar-refractivity contribution in [2.45, 2.75) is 63.3 Å². The molecule has 0 aromatic carbocycles. The topological polar surface area (TPSA) is 190 Å². The van der Waals surface area contributed by atoms with Crippen LogP contribution in [0.5, 0.6) is 0 Å². The van der Waals surface area contributed by atoms with Crippen LogP contribution in [0.2, 0.25) is 0 Å². The zero-order chi connectivity index (χ0) is 20.0. The second kappa shape index (κ2) is 12.5. The van der Waals surface area contributed by atoms with Crippen LogP contribution in [0.3, 0.4) is 0 Å². The summed E-state index contributed by atoms with van der Waals surface area (Å²) in [4.78, 5) is 47.4. The monoisotopic (exact) mass is 372 g/mol. The first kappa shape index (κ1) is 23.2. The molecule has 0 saturated heterocycles. The molecule has 0 radical (unpaired) electrons. The second-order valence-corrected chi connectivity index (χ2v) is 5.92. The number of carbonyl (C=O) groups is 4. The number of carbonyl (C=O) groups excluding carboxylic acids is 1. The third-order valence-corrected chi connectivity index (χ3v) is 3.83. The smallest absolute Gasteiger partial charge is 0.303 e. The van der Waals surface area contributed by atoms with Gasteiger partial charge in [-0.05, 0) is 37.6 Å². The number of amides is 1. The summed E-state index contributed by atoms with van der Waals surface area (Å²) >= 11 is 0. The molecule has 0 aromatic rings. The average Bonchev–Trinajstić information content (AvgIpc) is 2.55. The predicted octanol–water partition coefficient (Wildman–Crippen LogP) is 1.92. The van der Waals surface area contributed by atoms with Crippen molar-refractivity contribution in [1.29, 1.82) is 0 Å². The van der Waals surface area contributed by atoms with Gasteiger partial charge in [0, 0.05) is 42.7 Å². The minimum atomic E-state index is -1.21. The van der Waals surface area contributed by atoms with Gasteiger partial charge >= 0.3 is 17.9 Å². The summed E-state index contributed by atoms with van der Waals surface area (Å²) in [5, 5.41) is 32.7. The van der Waals surface area contributed by atoms with E-state index < -0.39 is 29.4 Å². The van der Waals surface area contributed by atoms with Crippen molar-refractivity contribution in [1.82, 2.24) is 5.32 Å². The van der Waals surface area contributed by atoms with Crippen molar-refractivity contribution >= 4 is 23.8 Å². The van der Waals surface area contributed by atoms with Crippen molar-refractivity contribution in [3.05, 3.63) is 10.4 Å². The maximum atomic E-state index is 12.2. The van der Waals surface area contributed by atoms with Gasteiger partial charge < -0.3 is 20.6 Å². The van der Waals surface area contributed by atoms with Gasteiger partial charge in [-0.1, -0.05) is 5.11 Å². The first-order valence-corrected chi connectivity index (χ1v) is 8.18. The van der Waals surface area contributed by atoms with Gasteiger partial charge in [0.05, 0.1) is 0 Å². The third kappa shape index (κ3) is 11.7. The van der Waals surface area contributed by atoms with Crippen LogP contribution in [0, 0.1) is 0 Å². The summed E-state index contributed by atoms with van der Waals surface area (Å²) in [6, 6.07) is 0. The molecule has 0 fully saturated rings. The van der Waals surface area contributed by atoms with E-state index in [1.807, 2.05) is 0 Å². The lowest BCUT2D eigenvalue weighted by molar-refractivity contribution is -0.139. The Labute approximate surface area is 150 Å². The summed E-state index contributed by atoms with van der Waals surface area (Å²) in [6.07, 6.45) is -0.158. The Hall–Kier alpha value is -2.81. The molecule has 26 heavy (non-hydrogen) atoms. The van der Waals surface area contributed by atoms with E-state index in [4.69, 9.17) is 20.9 Å². The van der Waals surface area contributed by atoms with Crippen molar-refractivity contribution in [2.24, 2.45) is 5.11 Å². The molecule has 4 N–H and O–H groups in total. The van der Waals surface area contributed by atoms with Crippen LogP contribution in [0.1, 0.15) is 57.8 Å². The van der Waals surface area contributed by atoms with Gasteiger partial charge in [-0.25, -0.2) is 0 Å². The molecular formula is C15H24N4O7. The molecule has 0 atom stereocenters. The molecule has 0 aliphatic carbocycles. The van der Waals surface area contributed by atoms with E-state index in [2.05, 4.69) is 15.3 Å². The highest BCUT2D eigenvalue weighted by molar-refractivity contribution is 5.77. The van der Waals surface area contributed by atoms with E-state index in [0.717, 1.165) is 0 Å². The van der Waals surface area contributed by atoms with Gasteiger partial charge in [-0.3, -0.25) is 19.2 Å². The van der Waals surface area contributed by atoms with E-state index in [0.29, 0.717) is 12.8 Å². The summed E-state index contributed by atoms with van der Waals surface area (Å²) in [5.74, 6) is -3.79. The molecule has 0 saturated carbocycles. The van der Waals surface area contributed by atoms with Gasteiger partial charge in [-0.15, -0.1) is 0 Å². The number of rotatable bonds is 15. The van der Waals surface area contributed by atoms with Crippen LogP contribution in [0.4, 0.5) is 0 Å². The van der Waals surface area contributed by atoms with Crippen molar-refractivity contribution in [3.63, 3.8) is 0 Å². The molecule has 0 rings (SSSR count). The standard InChI is InChI=1S/C15H24N4O7/c16-19-17-10-2-1-3-11(20)18-15(7-4-12(21)22,8-5-13(23)24)9-6-14(25)26/h1-10H2,(H,18,20)(H,21,22)(H,23,24)(H,25,26). The number of carboxylic acids is 3. The van der Waals surface area contributed by atoms with Crippen LogP contribution in [-0.2, 0) is 19.2 Å². The number of nitrogens with one attached hydrogen (secondary N) is 1. The molecular weight excluding hydrogens is 348 g/mol. The maximum Gasteiger partial charge on any atom is 0.303 e.